The van der Waals surface area contributed by atoms with Crippen LogP contribution in [0.25, 0.3) is 0 Å². The molecule has 0 saturated carbocycles. The van der Waals surface area contributed by atoms with Gasteiger partial charge in [-0.05, 0) is 32.3 Å². The summed E-state index contributed by atoms with van der Waals surface area (Å²) in [5.74, 6) is 0.384. The Balaban J connectivity index is 2.92. The molecule has 0 saturated heterocycles. The number of aromatic nitrogens is 2. The molecule has 0 aliphatic carbocycles. The maximum atomic E-state index is 5.53. The van der Waals surface area contributed by atoms with Crippen molar-refractivity contribution < 1.29 is 0 Å². The number of nitrogen functional groups attached to an aromatic ring is 1. The molecule has 0 atom stereocenters. The summed E-state index contributed by atoms with van der Waals surface area (Å²) in [5.41, 5.74) is 8.85. The van der Waals surface area contributed by atoms with Crippen LogP contribution < -0.4 is 5.73 Å². The van der Waals surface area contributed by atoms with E-state index in [1.54, 1.807) is 0 Å². The maximum Gasteiger partial charge on any atom is 0.220 e. The van der Waals surface area contributed by atoms with Crippen molar-refractivity contribution >= 4 is 5.95 Å². The average Bonchev–Trinajstić information content (AvgIpc) is 2.02. The van der Waals surface area contributed by atoms with Crippen LogP contribution in [0.15, 0.2) is 0 Å². The zero-order valence-electron chi connectivity index (χ0n) is 8.59. The van der Waals surface area contributed by atoms with Gasteiger partial charge in [-0.3, -0.25) is 0 Å². The van der Waals surface area contributed by atoms with Crippen LogP contribution in [-0.4, -0.2) is 9.97 Å². The molecule has 0 amide bonds. The Morgan fingerprint density at radius 3 is 2.15 bits per heavy atom. The van der Waals surface area contributed by atoms with Crippen molar-refractivity contribution in [3.63, 3.8) is 0 Å². The van der Waals surface area contributed by atoms with E-state index in [0.717, 1.165) is 17.8 Å². The highest BCUT2D eigenvalue weighted by Crippen LogP contribution is 2.13. The molecule has 1 heterocycles. The van der Waals surface area contributed by atoms with Crippen molar-refractivity contribution in [3.05, 3.63) is 17.0 Å². The number of hydrogen-bond donors (Lipinski definition) is 1. The Kier molecular flexibility index (Phi) is 3.23. The van der Waals surface area contributed by atoms with Gasteiger partial charge in [0.1, 0.15) is 0 Å². The van der Waals surface area contributed by atoms with Gasteiger partial charge >= 0.3 is 0 Å². The normalized spacial score (nSPS) is 10.4. The molecule has 0 aliphatic rings. The Hall–Kier alpha value is -1.12. The Morgan fingerprint density at radius 1 is 1.15 bits per heavy atom. The van der Waals surface area contributed by atoms with Gasteiger partial charge < -0.3 is 5.73 Å². The van der Waals surface area contributed by atoms with Gasteiger partial charge in [-0.1, -0.05) is 13.3 Å². The molecule has 0 radical (unpaired) electrons. The smallest absolute Gasteiger partial charge is 0.220 e. The van der Waals surface area contributed by atoms with E-state index in [1.807, 2.05) is 13.8 Å². The lowest BCUT2D eigenvalue weighted by atomic mass is 10.1. The first-order valence-electron chi connectivity index (χ1n) is 4.74. The van der Waals surface area contributed by atoms with E-state index in [2.05, 4.69) is 16.9 Å². The van der Waals surface area contributed by atoms with Gasteiger partial charge in [-0.2, -0.15) is 0 Å². The second-order valence-electron chi connectivity index (χ2n) is 3.33. The molecule has 3 heteroatoms. The first-order chi connectivity index (χ1) is 6.15. The molecule has 0 spiro atoms. The van der Waals surface area contributed by atoms with Gasteiger partial charge in [-0.25, -0.2) is 9.97 Å². The third kappa shape index (κ3) is 2.41. The molecule has 2 N–H and O–H groups in total. The average molecular weight is 179 g/mol. The van der Waals surface area contributed by atoms with Gasteiger partial charge in [0.2, 0.25) is 5.95 Å². The van der Waals surface area contributed by atoms with Gasteiger partial charge in [-0.15, -0.1) is 0 Å². The SMILES string of the molecule is CCCCc1c(C)nc(N)nc1C. The van der Waals surface area contributed by atoms with Crippen LogP contribution in [0.2, 0.25) is 0 Å². The van der Waals surface area contributed by atoms with E-state index >= 15 is 0 Å². The zero-order chi connectivity index (χ0) is 9.84. The highest BCUT2D eigenvalue weighted by molar-refractivity contribution is 5.30. The minimum Gasteiger partial charge on any atom is -0.368 e. The minimum absolute atomic E-state index is 0.384. The summed E-state index contributed by atoms with van der Waals surface area (Å²) < 4.78 is 0. The summed E-state index contributed by atoms with van der Waals surface area (Å²) in [6, 6.07) is 0. The van der Waals surface area contributed by atoms with Crippen LogP contribution in [0.3, 0.4) is 0 Å². The second-order valence-corrected chi connectivity index (χ2v) is 3.33. The maximum absolute atomic E-state index is 5.53. The topological polar surface area (TPSA) is 51.8 Å². The lowest BCUT2D eigenvalue weighted by molar-refractivity contribution is 0.775. The number of anilines is 1. The van der Waals surface area contributed by atoms with Crippen molar-refractivity contribution in [2.75, 3.05) is 5.73 Å². The van der Waals surface area contributed by atoms with Crippen molar-refractivity contribution in [2.45, 2.75) is 40.0 Å². The predicted octanol–water partition coefficient (Wildman–Crippen LogP) is 2.02. The first kappa shape index (κ1) is 9.96. The molecule has 0 aliphatic heterocycles. The fourth-order valence-corrected chi connectivity index (χ4v) is 1.48. The Labute approximate surface area is 79.4 Å². The number of hydrogen-bond acceptors (Lipinski definition) is 3. The Morgan fingerprint density at radius 2 is 1.69 bits per heavy atom. The number of nitrogens with zero attached hydrogens (tertiary/aromatic N) is 2. The van der Waals surface area contributed by atoms with E-state index in [0.29, 0.717) is 5.95 Å². The van der Waals surface area contributed by atoms with Gasteiger partial charge in [0.05, 0.1) is 0 Å². The summed E-state index contributed by atoms with van der Waals surface area (Å²) in [7, 11) is 0. The van der Waals surface area contributed by atoms with Gasteiger partial charge in [0, 0.05) is 11.4 Å². The summed E-state index contributed by atoms with van der Waals surface area (Å²) in [4.78, 5) is 8.31. The van der Waals surface area contributed by atoms with Gasteiger partial charge in [0.15, 0.2) is 0 Å². The lowest BCUT2D eigenvalue weighted by Crippen LogP contribution is -2.04. The van der Waals surface area contributed by atoms with Crippen LogP contribution in [0.5, 0.6) is 0 Å². The highest BCUT2D eigenvalue weighted by atomic mass is 15.0. The molecular formula is C10H17N3. The largest absolute Gasteiger partial charge is 0.368 e. The molecule has 1 aromatic heterocycles. The standard InChI is InChI=1S/C10H17N3/c1-4-5-6-9-7(2)12-10(11)13-8(9)3/h4-6H2,1-3H3,(H2,11,12,13). The molecule has 72 valence electrons. The number of nitrogens with two attached hydrogens (primary N) is 1. The van der Waals surface area contributed by atoms with Crippen LogP contribution in [0.1, 0.15) is 36.7 Å². The fourth-order valence-electron chi connectivity index (χ4n) is 1.48. The molecule has 0 aromatic carbocycles. The molecular weight excluding hydrogens is 162 g/mol. The van der Waals surface area contributed by atoms with Crippen LogP contribution in [0, 0.1) is 13.8 Å². The predicted molar refractivity (Wildman–Crippen MR) is 54.5 cm³/mol. The molecule has 1 rings (SSSR count). The van der Waals surface area contributed by atoms with E-state index in [1.165, 1.54) is 18.4 Å². The van der Waals surface area contributed by atoms with Crippen LogP contribution in [0.4, 0.5) is 5.95 Å². The third-order valence-electron chi connectivity index (χ3n) is 2.22. The van der Waals surface area contributed by atoms with Crippen molar-refractivity contribution in [2.24, 2.45) is 0 Å². The summed E-state index contributed by atoms with van der Waals surface area (Å²) in [6.45, 7) is 6.18. The number of rotatable bonds is 3. The molecule has 1 aromatic rings. The summed E-state index contributed by atoms with van der Waals surface area (Å²) in [6.07, 6.45) is 3.45. The number of aryl methyl sites for hydroxylation is 2. The first-order valence-corrected chi connectivity index (χ1v) is 4.74. The zero-order valence-corrected chi connectivity index (χ0v) is 8.59. The summed E-state index contributed by atoms with van der Waals surface area (Å²) in [5, 5.41) is 0. The summed E-state index contributed by atoms with van der Waals surface area (Å²) >= 11 is 0. The van der Waals surface area contributed by atoms with E-state index in [-0.39, 0.29) is 0 Å². The fraction of sp³-hybridized carbons (Fsp3) is 0.600. The Bertz CT molecular complexity index is 271. The second kappa shape index (κ2) is 4.21. The van der Waals surface area contributed by atoms with Gasteiger partial charge in [0.25, 0.3) is 0 Å². The monoisotopic (exact) mass is 179 g/mol. The molecule has 0 unspecified atom stereocenters. The van der Waals surface area contributed by atoms with Crippen LogP contribution in [-0.2, 0) is 6.42 Å². The van der Waals surface area contributed by atoms with E-state index in [9.17, 15) is 0 Å². The molecule has 0 fully saturated rings. The molecule has 0 bridgehead atoms. The molecule has 3 nitrogen and oxygen atoms in total. The van der Waals surface area contributed by atoms with Crippen molar-refractivity contribution in [1.82, 2.24) is 9.97 Å². The third-order valence-corrected chi connectivity index (χ3v) is 2.22. The highest BCUT2D eigenvalue weighted by Gasteiger charge is 2.05. The van der Waals surface area contributed by atoms with E-state index in [4.69, 9.17) is 5.73 Å². The molecule has 13 heavy (non-hydrogen) atoms. The quantitative estimate of drug-likeness (QED) is 0.772. The minimum atomic E-state index is 0.384. The van der Waals surface area contributed by atoms with Crippen molar-refractivity contribution in [1.29, 1.82) is 0 Å². The van der Waals surface area contributed by atoms with Crippen LogP contribution >= 0.6 is 0 Å². The van der Waals surface area contributed by atoms with E-state index < -0.39 is 0 Å². The van der Waals surface area contributed by atoms with Crippen molar-refractivity contribution in [3.8, 4) is 0 Å². The number of unbranched alkanes of at least 4 members (excludes halogenated alkanes) is 1. The lowest BCUT2D eigenvalue weighted by Gasteiger charge is -2.07.